The van der Waals surface area contributed by atoms with Crippen LogP contribution in [0.3, 0.4) is 0 Å². The van der Waals surface area contributed by atoms with Crippen LogP contribution in [0.5, 0.6) is 0 Å². The first-order valence-electron chi connectivity index (χ1n) is 5.59. The molecule has 0 aliphatic rings. The van der Waals surface area contributed by atoms with Crippen molar-refractivity contribution in [1.29, 1.82) is 0 Å². The van der Waals surface area contributed by atoms with Crippen LogP contribution in [0.2, 0.25) is 0 Å². The molecule has 0 radical (unpaired) electrons. The van der Waals surface area contributed by atoms with E-state index in [0.29, 0.717) is 0 Å². The average Bonchev–Trinajstić information content (AvgIpc) is 2.58. The second-order valence-electron chi connectivity index (χ2n) is 4.79. The summed E-state index contributed by atoms with van der Waals surface area (Å²) in [5.74, 6) is -0.726. The first-order valence-corrected chi connectivity index (χ1v) is 5.59. The molecule has 0 bridgehead atoms. The van der Waals surface area contributed by atoms with Crippen molar-refractivity contribution in [2.24, 2.45) is 5.41 Å². The quantitative estimate of drug-likeness (QED) is 0.701. The van der Waals surface area contributed by atoms with Crippen molar-refractivity contribution in [3.8, 4) is 0 Å². The van der Waals surface area contributed by atoms with Crippen molar-refractivity contribution < 1.29 is 14.3 Å². The van der Waals surface area contributed by atoms with Gasteiger partial charge in [0.05, 0.1) is 6.61 Å². The third-order valence-corrected chi connectivity index (χ3v) is 2.19. The Morgan fingerprint density at radius 3 is 2.56 bits per heavy atom. The summed E-state index contributed by atoms with van der Waals surface area (Å²) < 4.78 is 4.84. The molecular weight excluding hydrogens is 236 g/mol. The topological polar surface area (TPSA) is 110 Å². The van der Waals surface area contributed by atoms with Crippen LogP contribution in [0.15, 0.2) is 0 Å². The SMILES string of the molecule is CCOC(=O)c1c(NC(=O)C(C)(C)C)n[nH]c1N. The van der Waals surface area contributed by atoms with Crippen LogP contribution >= 0.6 is 0 Å². The number of hydrogen-bond donors (Lipinski definition) is 3. The number of hydrogen-bond acceptors (Lipinski definition) is 5. The van der Waals surface area contributed by atoms with Crippen molar-refractivity contribution >= 4 is 23.5 Å². The molecule has 1 aromatic rings. The lowest BCUT2D eigenvalue weighted by Crippen LogP contribution is -2.28. The third-order valence-electron chi connectivity index (χ3n) is 2.19. The van der Waals surface area contributed by atoms with Gasteiger partial charge in [-0.25, -0.2) is 4.79 Å². The van der Waals surface area contributed by atoms with Gasteiger partial charge in [-0.15, -0.1) is 0 Å². The largest absolute Gasteiger partial charge is 0.462 e. The number of carbonyl (C=O) groups excluding carboxylic acids is 2. The number of anilines is 2. The van der Waals surface area contributed by atoms with Gasteiger partial charge in [-0.1, -0.05) is 20.8 Å². The summed E-state index contributed by atoms with van der Waals surface area (Å²) in [6, 6.07) is 0. The first-order chi connectivity index (χ1) is 8.27. The van der Waals surface area contributed by atoms with E-state index in [-0.39, 0.29) is 29.7 Å². The molecule has 0 aliphatic heterocycles. The van der Waals surface area contributed by atoms with Gasteiger partial charge in [0.2, 0.25) is 5.91 Å². The average molecular weight is 254 g/mol. The highest BCUT2D eigenvalue weighted by atomic mass is 16.5. The van der Waals surface area contributed by atoms with E-state index < -0.39 is 11.4 Å². The fraction of sp³-hybridized carbons (Fsp3) is 0.545. The van der Waals surface area contributed by atoms with Gasteiger partial charge in [-0.2, -0.15) is 5.10 Å². The molecular formula is C11H18N4O3. The van der Waals surface area contributed by atoms with Crippen molar-refractivity contribution in [2.75, 3.05) is 17.7 Å². The number of aromatic amines is 1. The molecule has 4 N–H and O–H groups in total. The summed E-state index contributed by atoms with van der Waals surface area (Å²) >= 11 is 0. The molecule has 0 saturated carbocycles. The van der Waals surface area contributed by atoms with Crippen LogP contribution in [-0.4, -0.2) is 28.7 Å². The van der Waals surface area contributed by atoms with Gasteiger partial charge >= 0.3 is 5.97 Å². The number of H-pyrrole nitrogens is 1. The number of rotatable bonds is 3. The van der Waals surface area contributed by atoms with Crippen LogP contribution in [-0.2, 0) is 9.53 Å². The molecule has 0 aromatic carbocycles. The number of nitrogens with two attached hydrogens (primary N) is 1. The van der Waals surface area contributed by atoms with E-state index in [4.69, 9.17) is 10.5 Å². The summed E-state index contributed by atoms with van der Waals surface area (Å²) in [4.78, 5) is 23.5. The van der Waals surface area contributed by atoms with Crippen LogP contribution in [0.25, 0.3) is 0 Å². The Labute approximate surface area is 105 Å². The Morgan fingerprint density at radius 1 is 1.44 bits per heavy atom. The zero-order valence-electron chi connectivity index (χ0n) is 11.0. The zero-order valence-corrected chi connectivity index (χ0v) is 11.0. The number of nitrogens with zero attached hydrogens (tertiary/aromatic N) is 1. The number of nitrogens with one attached hydrogen (secondary N) is 2. The maximum atomic E-state index is 11.8. The molecule has 7 heteroatoms. The molecule has 0 spiro atoms. The van der Waals surface area contributed by atoms with Gasteiger partial charge < -0.3 is 15.8 Å². The van der Waals surface area contributed by atoms with Gasteiger partial charge in [-0.3, -0.25) is 9.89 Å². The van der Waals surface area contributed by atoms with Crippen molar-refractivity contribution in [2.45, 2.75) is 27.7 Å². The maximum Gasteiger partial charge on any atom is 0.345 e. The van der Waals surface area contributed by atoms with Gasteiger partial charge in [0.15, 0.2) is 5.82 Å². The number of ether oxygens (including phenoxy) is 1. The van der Waals surface area contributed by atoms with Crippen molar-refractivity contribution in [3.63, 3.8) is 0 Å². The molecule has 0 unspecified atom stereocenters. The molecule has 1 amide bonds. The highest BCUT2D eigenvalue weighted by Crippen LogP contribution is 2.22. The normalized spacial score (nSPS) is 11.1. The minimum absolute atomic E-state index is 0.0504. The van der Waals surface area contributed by atoms with Gasteiger partial charge in [0.25, 0.3) is 0 Å². The summed E-state index contributed by atoms with van der Waals surface area (Å²) in [6.45, 7) is 7.16. The molecule has 0 aliphatic carbocycles. The standard InChI is InChI=1S/C11H18N4O3/c1-5-18-9(16)6-7(12)14-15-8(6)13-10(17)11(2,3)4/h5H2,1-4H3,(H4,12,13,14,15,17). The molecule has 100 valence electrons. The van der Waals surface area contributed by atoms with Crippen molar-refractivity contribution in [3.05, 3.63) is 5.56 Å². The van der Waals surface area contributed by atoms with Crippen LogP contribution < -0.4 is 11.1 Å². The molecule has 1 aromatic heterocycles. The first kappa shape index (κ1) is 14.0. The summed E-state index contributed by atoms with van der Waals surface area (Å²) in [7, 11) is 0. The zero-order chi connectivity index (χ0) is 13.9. The fourth-order valence-corrected chi connectivity index (χ4v) is 1.15. The van der Waals surface area contributed by atoms with E-state index in [1.54, 1.807) is 27.7 Å². The number of amides is 1. The Bertz CT molecular complexity index is 459. The lowest BCUT2D eigenvalue weighted by molar-refractivity contribution is -0.123. The predicted molar refractivity (Wildman–Crippen MR) is 67.0 cm³/mol. The molecule has 1 heterocycles. The molecule has 0 fully saturated rings. The van der Waals surface area contributed by atoms with E-state index in [9.17, 15) is 9.59 Å². The molecule has 7 nitrogen and oxygen atoms in total. The van der Waals surface area contributed by atoms with Crippen molar-refractivity contribution in [1.82, 2.24) is 10.2 Å². The third kappa shape index (κ3) is 2.99. The Hall–Kier alpha value is -2.05. The number of aromatic nitrogens is 2. The Balaban J connectivity index is 2.98. The molecule has 1 rings (SSSR count). The van der Waals surface area contributed by atoms with Crippen LogP contribution in [0.4, 0.5) is 11.6 Å². The number of esters is 1. The highest BCUT2D eigenvalue weighted by molar-refractivity contribution is 6.04. The molecule has 0 atom stereocenters. The summed E-state index contributed by atoms with van der Waals surface area (Å²) in [6.07, 6.45) is 0. The number of nitrogen functional groups attached to an aromatic ring is 1. The smallest absolute Gasteiger partial charge is 0.345 e. The monoisotopic (exact) mass is 254 g/mol. The van der Waals surface area contributed by atoms with E-state index in [1.165, 1.54) is 0 Å². The predicted octanol–water partition coefficient (Wildman–Crippen LogP) is 1.15. The summed E-state index contributed by atoms with van der Waals surface area (Å²) in [5, 5.41) is 8.78. The van der Waals surface area contributed by atoms with E-state index >= 15 is 0 Å². The lowest BCUT2D eigenvalue weighted by atomic mass is 9.96. The molecule has 0 saturated heterocycles. The highest BCUT2D eigenvalue weighted by Gasteiger charge is 2.26. The Kier molecular flexibility index (Phi) is 3.95. The second kappa shape index (κ2) is 5.07. The summed E-state index contributed by atoms with van der Waals surface area (Å²) in [5.41, 5.74) is 5.04. The minimum Gasteiger partial charge on any atom is -0.462 e. The van der Waals surface area contributed by atoms with Gasteiger partial charge in [-0.05, 0) is 6.92 Å². The fourth-order valence-electron chi connectivity index (χ4n) is 1.15. The maximum absolute atomic E-state index is 11.8. The number of carbonyl (C=O) groups is 2. The van der Waals surface area contributed by atoms with Crippen LogP contribution in [0, 0.1) is 5.41 Å². The van der Waals surface area contributed by atoms with E-state index in [0.717, 1.165) is 0 Å². The van der Waals surface area contributed by atoms with E-state index in [1.807, 2.05) is 0 Å². The van der Waals surface area contributed by atoms with E-state index in [2.05, 4.69) is 15.5 Å². The lowest BCUT2D eigenvalue weighted by Gasteiger charge is -2.16. The second-order valence-corrected chi connectivity index (χ2v) is 4.79. The van der Waals surface area contributed by atoms with Gasteiger partial charge in [0.1, 0.15) is 11.4 Å². The minimum atomic E-state index is -0.618. The Morgan fingerprint density at radius 2 is 2.06 bits per heavy atom. The van der Waals surface area contributed by atoms with Crippen LogP contribution in [0.1, 0.15) is 38.1 Å². The molecule has 18 heavy (non-hydrogen) atoms. The van der Waals surface area contributed by atoms with Gasteiger partial charge in [0, 0.05) is 5.41 Å².